The van der Waals surface area contributed by atoms with E-state index >= 15 is 0 Å². The average Bonchev–Trinajstić information content (AvgIpc) is 2.87. The summed E-state index contributed by atoms with van der Waals surface area (Å²) in [7, 11) is 1.88. The number of anilines is 1. The smallest absolute Gasteiger partial charge is 0.227 e. The third kappa shape index (κ3) is 2.76. The molecule has 0 radical (unpaired) electrons. The number of rotatable bonds is 0. The lowest BCUT2D eigenvalue weighted by atomic mass is 9.95. The number of nitrogens with one attached hydrogen (secondary N) is 1. The lowest BCUT2D eigenvalue weighted by Gasteiger charge is -2.18. The maximum Gasteiger partial charge on any atom is 0.227 e. The minimum Gasteiger partial charge on any atom is -0.324 e. The fraction of sp³-hybridized carbons (Fsp3) is 0.412. The number of nitrogens with two attached hydrogens (primary N) is 1. The van der Waals surface area contributed by atoms with E-state index in [1.54, 1.807) is 10.9 Å². The number of hydrogen-bond donors (Lipinski definition) is 2. The lowest BCUT2D eigenvalue weighted by molar-refractivity contribution is -0.119. The quantitative estimate of drug-likeness (QED) is 0.785. The van der Waals surface area contributed by atoms with Gasteiger partial charge in [0.05, 0.1) is 17.6 Å². The second-order valence-electron chi connectivity index (χ2n) is 6.08. The van der Waals surface area contributed by atoms with E-state index in [9.17, 15) is 4.79 Å². The molecule has 0 spiro atoms. The number of aryl methyl sites for hydroxylation is 1. The summed E-state index contributed by atoms with van der Waals surface area (Å²) in [6.07, 6.45) is 4.38. The van der Waals surface area contributed by atoms with Crippen molar-refractivity contribution in [2.75, 3.05) is 5.32 Å². The Morgan fingerprint density at radius 1 is 1.36 bits per heavy atom. The highest BCUT2D eigenvalue weighted by Crippen LogP contribution is 2.31. The highest BCUT2D eigenvalue weighted by Gasteiger charge is 2.20. The molecule has 2 bridgehead atoms. The van der Waals surface area contributed by atoms with Gasteiger partial charge in [0.15, 0.2) is 0 Å². The second-order valence-corrected chi connectivity index (χ2v) is 6.08. The molecule has 0 saturated heterocycles. The Labute approximate surface area is 130 Å². The van der Waals surface area contributed by atoms with Gasteiger partial charge in [0.2, 0.25) is 5.91 Å². The van der Waals surface area contributed by atoms with Crippen LogP contribution in [0.3, 0.4) is 0 Å². The normalized spacial score (nSPS) is 22.2. The molecule has 116 valence electrons. The van der Waals surface area contributed by atoms with Crippen molar-refractivity contribution in [2.45, 2.75) is 32.2 Å². The van der Waals surface area contributed by atoms with Crippen molar-refractivity contribution >= 4 is 11.6 Å². The maximum atomic E-state index is 12.3. The summed E-state index contributed by atoms with van der Waals surface area (Å²) in [5, 5.41) is 7.31. The van der Waals surface area contributed by atoms with E-state index in [0.29, 0.717) is 0 Å². The largest absolute Gasteiger partial charge is 0.324 e. The lowest BCUT2D eigenvalue weighted by Crippen LogP contribution is -2.21. The number of carbonyl (C=O) groups is 1. The molecule has 3 N–H and O–H groups in total. The van der Waals surface area contributed by atoms with Crippen LogP contribution in [0.15, 0.2) is 30.5 Å². The predicted octanol–water partition coefficient (Wildman–Crippen LogP) is 2.85. The van der Waals surface area contributed by atoms with Gasteiger partial charge in [-0.2, -0.15) is 5.10 Å². The molecule has 3 rings (SSSR count). The molecule has 1 amide bonds. The molecule has 1 aliphatic rings. The minimum atomic E-state index is -0.0296. The molecule has 5 heteroatoms. The molecular weight excluding hydrogens is 276 g/mol. The van der Waals surface area contributed by atoms with E-state index in [0.717, 1.165) is 41.8 Å². The van der Waals surface area contributed by atoms with Gasteiger partial charge in [-0.15, -0.1) is 0 Å². The Kier molecular flexibility index (Phi) is 3.98. The van der Waals surface area contributed by atoms with Gasteiger partial charge < -0.3 is 11.1 Å². The molecule has 2 aromatic rings. The van der Waals surface area contributed by atoms with Gasteiger partial charge >= 0.3 is 0 Å². The predicted molar refractivity (Wildman–Crippen MR) is 87.2 cm³/mol. The molecule has 0 saturated carbocycles. The van der Waals surface area contributed by atoms with Crippen LogP contribution in [-0.4, -0.2) is 15.7 Å². The molecule has 0 fully saturated rings. The first-order valence-electron chi connectivity index (χ1n) is 7.75. The van der Waals surface area contributed by atoms with E-state index < -0.39 is 0 Å². The van der Waals surface area contributed by atoms with Crippen LogP contribution in [0, 0.1) is 5.92 Å². The number of benzene rings is 1. The van der Waals surface area contributed by atoms with E-state index in [2.05, 4.69) is 22.5 Å². The number of nitrogens with zero attached hydrogens (tertiary/aromatic N) is 2. The van der Waals surface area contributed by atoms with Gasteiger partial charge in [-0.3, -0.25) is 9.48 Å². The van der Waals surface area contributed by atoms with Gasteiger partial charge in [0, 0.05) is 24.6 Å². The number of fused-ring (bicyclic) bond motifs is 4. The standard InChI is InChI=1S/C17H22N4O/c1-11-5-3-8-14(18)12-6-4-7-13(9-12)16-15(20-17(11)22)10-19-21(16)2/h4,6-7,9-11,14H,3,5,8,18H2,1-2H3,(H,20,22)/t11-,14+/m1/s1. The molecule has 2 atom stereocenters. The third-order valence-corrected chi connectivity index (χ3v) is 4.38. The Bertz CT molecular complexity index is 692. The van der Waals surface area contributed by atoms with Gasteiger partial charge in [0.1, 0.15) is 0 Å². The van der Waals surface area contributed by atoms with Crippen LogP contribution in [0.1, 0.15) is 37.8 Å². The van der Waals surface area contributed by atoms with E-state index in [-0.39, 0.29) is 17.9 Å². The zero-order valence-corrected chi connectivity index (χ0v) is 13.0. The maximum absolute atomic E-state index is 12.3. The zero-order chi connectivity index (χ0) is 15.7. The van der Waals surface area contributed by atoms with Crippen LogP contribution in [0.25, 0.3) is 11.3 Å². The fourth-order valence-electron chi connectivity index (χ4n) is 2.99. The molecule has 22 heavy (non-hydrogen) atoms. The second kappa shape index (κ2) is 5.93. The van der Waals surface area contributed by atoms with Crippen LogP contribution in [-0.2, 0) is 11.8 Å². The first kappa shape index (κ1) is 14.8. The van der Waals surface area contributed by atoms with E-state index in [1.807, 2.05) is 26.1 Å². The Morgan fingerprint density at radius 3 is 3.00 bits per heavy atom. The van der Waals surface area contributed by atoms with E-state index in [4.69, 9.17) is 5.73 Å². The summed E-state index contributed by atoms with van der Waals surface area (Å²) in [6, 6.07) is 8.21. The summed E-state index contributed by atoms with van der Waals surface area (Å²) in [6.45, 7) is 1.96. The van der Waals surface area contributed by atoms with E-state index in [1.165, 1.54) is 0 Å². The number of amides is 1. The highest BCUT2D eigenvalue weighted by molar-refractivity contribution is 5.95. The van der Waals surface area contributed by atoms with Crippen LogP contribution >= 0.6 is 0 Å². The zero-order valence-electron chi connectivity index (χ0n) is 13.0. The van der Waals surface area contributed by atoms with Crippen molar-refractivity contribution in [2.24, 2.45) is 18.7 Å². The summed E-state index contributed by atoms with van der Waals surface area (Å²) >= 11 is 0. The van der Waals surface area contributed by atoms with Crippen molar-refractivity contribution in [1.29, 1.82) is 0 Å². The van der Waals surface area contributed by atoms with Crippen molar-refractivity contribution in [3.8, 4) is 11.3 Å². The van der Waals surface area contributed by atoms with Gasteiger partial charge in [-0.1, -0.05) is 31.5 Å². The molecule has 2 heterocycles. The van der Waals surface area contributed by atoms with Crippen molar-refractivity contribution < 1.29 is 4.79 Å². The summed E-state index contributed by atoms with van der Waals surface area (Å²) in [4.78, 5) is 12.3. The molecule has 1 aromatic heterocycles. The Hall–Kier alpha value is -2.14. The average molecular weight is 298 g/mol. The molecule has 1 aliphatic heterocycles. The SMILES string of the molecule is C[C@@H]1CCC[C@H](N)c2cccc(c2)-c2c(cnn2C)NC1=O. The van der Waals surface area contributed by atoms with Crippen molar-refractivity contribution in [1.82, 2.24) is 9.78 Å². The van der Waals surface area contributed by atoms with Crippen LogP contribution in [0.2, 0.25) is 0 Å². The minimum absolute atomic E-state index is 0.00585. The number of carbonyl (C=O) groups excluding carboxylic acids is 1. The first-order chi connectivity index (χ1) is 10.6. The molecule has 0 aliphatic carbocycles. The summed E-state index contributed by atoms with van der Waals surface area (Å²) < 4.78 is 1.79. The number of aromatic nitrogens is 2. The van der Waals surface area contributed by atoms with Crippen molar-refractivity contribution in [3.05, 3.63) is 36.0 Å². The Morgan fingerprint density at radius 2 is 2.18 bits per heavy atom. The molecule has 0 unspecified atom stereocenters. The molecular formula is C17H22N4O. The molecule has 5 nitrogen and oxygen atoms in total. The summed E-state index contributed by atoms with van der Waals surface area (Å²) in [5.74, 6) is 0.0116. The van der Waals surface area contributed by atoms with Crippen molar-refractivity contribution in [3.63, 3.8) is 0 Å². The van der Waals surface area contributed by atoms with Crippen LogP contribution in [0.5, 0.6) is 0 Å². The number of hydrogen-bond acceptors (Lipinski definition) is 3. The fourth-order valence-corrected chi connectivity index (χ4v) is 2.99. The Balaban J connectivity index is 2.10. The van der Waals surface area contributed by atoms with Crippen LogP contribution in [0.4, 0.5) is 5.69 Å². The van der Waals surface area contributed by atoms with Gasteiger partial charge in [-0.05, 0) is 24.5 Å². The van der Waals surface area contributed by atoms with Gasteiger partial charge in [-0.25, -0.2) is 0 Å². The summed E-state index contributed by atoms with van der Waals surface area (Å²) in [5.41, 5.74) is 10.1. The third-order valence-electron chi connectivity index (χ3n) is 4.38. The van der Waals surface area contributed by atoms with Crippen LogP contribution < -0.4 is 11.1 Å². The van der Waals surface area contributed by atoms with Gasteiger partial charge in [0.25, 0.3) is 0 Å². The monoisotopic (exact) mass is 298 g/mol. The topological polar surface area (TPSA) is 72.9 Å². The highest BCUT2D eigenvalue weighted by atomic mass is 16.1. The molecule has 1 aromatic carbocycles. The first-order valence-corrected chi connectivity index (χ1v) is 7.75.